The molecule has 0 saturated carbocycles. The second kappa shape index (κ2) is 5.74. The molecule has 2 aromatic rings. The van der Waals surface area contributed by atoms with Crippen molar-refractivity contribution in [3.63, 3.8) is 0 Å². The average molecular weight is 299 g/mol. The van der Waals surface area contributed by atoms with Gasteiger partial charge in [-0.1, -0.05) is 42.0 Å². The Morgan fingerprint density at radius 3 is 2.48 bits per heavy atom. The largest absolute Gasteiger partial charge is 0.237 e. The maximum atomic E-state index is 12.8. The van der Waals surface area contributed by atoms with Crippen molar-refractivity contribution in [2.45, 2.75) is 44.6 Å². The number of benzene rings is 2. The van der Waals surface area contributed by atoms with Gasteiger partial charge in [0.15, 0.2) is 0 Å². The third-order valence-corrected chi connectivity index (χ3v) is 5.69. The molecule has 1 aliphatic carbocycles. The van der Waals surface area contributed by atoms with E-state index in [0.717, 1.165) is 28.9 Å². The van der Waals surface area contributed by atoms with Crippen molar-refractivity contribution in [2.24, 2.45) is 0 Å². The predicted octanol–water partition coefficient (Wildman–Crippen LogP) is 3.91. The Morgan fingerprint density at radius 1 is 1.10 bits per heavy atom. The Labute approximate surface area is 129 Å². The summed E-state index contributed by atoms with van der Waals surface area (Å²) >= 11 is 0. The predicted molar refractivity (Wildman–Crippen MR) is 87.7 cm³/mol. The zero-order valence-electron chi connectivity index (χ0n) is 12.8. The first-order chi connectivity index (χ1) is 10.1. The lowest BCUT2D eigenvalue weighted by molar-refractivity contribution is 0.621. The Bertz CT molecular complexity index is 685. The lowest BCUT2D eigenvalue weighted by Gasteiger charge is -2.16. The molecule has 0 aromatic heterocycles. The van der Waals surface area contributed by atoms with Gasteiger partial charge in [0, 0.05) is 6.04 Å². The highest BCUT2D eigenvalue weighted by Gasteiger charge is 2.24. The highest BCUT2D eigenvalue weighted by Crippen LogP contribution is 2.32. The van der Waals surface area contributed by atoms with Gasteiger partial charge in [0.2, 0.25) is 0 Å². The number of nitrogens with one attached hydrogen (secondary N) is 1. The van der Waals surface area contributed by atoms with Gasteiger partial charge in [-0.05, 0) is 55.9 Å². The number of rotatable bonds is 3. The fourth-order valence-corrected chi connectivity index (χ4v) is 4.65. The average Bonchev–Trinajstić information content (AvgIpc) is 2.81. The van der Waals surface area contributed by atoms with Crippen LogP contribution in [0.25, 0.3) is 0 Å². The summed E-state index contributed by atoms with van der Waals surface area (Å²) in [6.45, 7) is 6.16. The Morgan fingerprint density at radius 2 is 1.76 bits per heavy atom. The SMILES string of the molecule is Cc1cc(C)c([S@](=O)N[C@@H]2CCc3ccccc32)c(C)c1. The molecule has 0 amide bonds. The van der Waals surface area contributed by atoms with Crippen molar-refractivity contribution < 1.29 is 4.21 Å². The van der Waals surface area contributed by atoms with Crippen LogP contribution in [0.1, 0.15) is 40.3 Å². The molecule has 0 saturated heterocycles. The molecule has 0 spiro atoms. The molecule has 2 atom stereocenters. The van der Waals surface area contributed by atoms with Crippen LogP contribution in [0.4, 0.5) is 0 Å². The highest BCUT2D eigenvalue weighted by molar-refractivity contribution is 7.83. The molecular formula is C18H21NOS. The van der Waals surface area contributed by atoms with Crippen LogP contribution < -0.4 is 4.72 Å². The van der Waals surface area contributed by atoms with Crippen LogP contribution in [0.5, 0.6) is 0 Å². The number of fused-ring (bicyclic) bond motifs is 1. The van der Waals surface area contributed by atoms with Gasteiger partial charge in [0.1, 0.15) is 11.0 Å². The third-order valence-electron chi connectivity index (χ3n) is 4.17. The number of hydrogen-bond acceptors (Lipinski definition) is 1. The first kappa shape index (κ1) is 14.5. The van der Waals surface area contributed by atoms with Crippen molar-refractivity contribution in [3.05, 3.63) is 64.2 Å². The van der Waals surface area contributed by atoms with E-state index in [1.807, 2.05) is 13.8 Å². The highest BCUT2D eigenvalue weighted by atomic mass is 32.2. The van der Waals surface area contributed by atoms with Gasteiger partial charge in [-0.2, -0.15) is 0 Å². The lowest BCUT2D eigenvalue weighted by atomic mass is 10.1. The van der Waals surface area contributed by atoms with Crippen LogP contribution in [-0.4, -0.2) is 4.21 Å². The molecule has 0 bridgehead atoms. The van der Waals surface area contributed by atoms with E-state index < -0.39 is 11.0 Å². The van der Waals surface area contributed by atoms with Gasteiger partial charge in [-0.15, -0.1) is 0 Å². The summed E-state index contributed by atoms with van der Waals surface area (Å²) < 4.78 is 16.1. The molecule has 1 N–H and O–H groups in total. The smallest absolute Gasteiger partial charge is 0.126 e. The Balaban J connectivity index is 1.86. The molecule has 3 heteroatoms. The van der Waals surface area contributed by atoms with E-state index in [4.69, 9.17) is 0 Å². The zero-order chi connectivity index (χ0) is 15.0. The fourth-order valence-electron chi connectivity index (χ4n) is 3.33. The van der Waals surface area contributed by atoms with Gasteiger partial charge in [-0.25, -0.2) is 8.93 Å². The Kier molecular flexibility index (Phi) is 3.96. The van der Waals surface area contributed by atoms with Crippen LogP contribution in [0.2, 0.25) is 0 Å². The summed E-state index contributed by atoms with van der Waals surface area (Å²) in [5.74, 6) is 0. The second-order valence-corrected chi connectivity index (χ2v) is 7.09. The molecule has 0 heterocycles. The molecule has 2 nitrogen and oxygen atoms in total. The molecule has 21 heavy (non-hydrogen) atoms. The van der Waals surface area contributed by atoms with Crippen LogP contribution in [-0.2, 0) is 17.4 Å². The number of hydrogen-bond donors (Lipinski definition) is 1. The van der Waals surface area contributed by atoms with E-state index >= 15 is 0 Å². The quantitative estimate of drug-likeness (QED) is 0.914. The van der Waals surface area contributed by atoms with Gasteiger partial charge < -0.3 is 0 Å². The van der Waals surface area contributed by atoms with Crippen LogP contribution in [0, 0.1) is 20.8 Å². The van der Waals surface area contributed by atoms with Gasteiger partial charge in [0.25, 0.3) is 0 Å². The summed E-state index contributed by atoms with van der Waals surface area (Å²) in [7, 11) is -1.16. The zero-order valence-corrected chi connectivity index (χ0v) is 13.6. The van der Waals surface area contributed by atoms with Crippen molar-refractivity contribution in [1.29, 1.82) is 0 Å². The molecule has 0 aliphatic heterocycles. The maximum absolute atomic E-state index is 12.8. The summed E-state index contributed by atoms with van der Waals surface area (Å²) in [5.41, 5.74) is 6.10. The van der Waals surface area contributed by atoms with E-state index in [1.54, 1.807) is 0 Å². The molecule has 1 aliphatic rings. The first-order valence-corrected chi connectivity index (χ1v) is 8.55. The van der Waals surface area contributed by atoms with Crippen molar-refractivity contribution in [3.8, 4) is 0 Å². The monoisotopic (exact) mass is 299 g/mol. The topological polar surface area (TPSA) is 29.1 Å². The first-order valence-electron chi connectivity index (χ1n) is 7.40. The standard InChI is InChI=1S/C18H21NOS/c1-12-10-13(2)18(14(3)11-12)21(20)19-17-9-8-15-6-4-5-7-16(15)17/h4-7,10-11,17,19H,8-9H2,1-3H3/t17-,21+/m1/s1. The molecular weight excluding hydrogens is 278 g/mol. The molecule has 2 aromatic carbocycles. The summed E-state index contributed by atoms with van der Waals surface area (Å²) in [5, 5.41) is 0. The van der Waals surface area contributed by atoms with E-state index in [1.165, 1.54) is 16.7 Å². The van der Waals surface area contributed by atoms with E-state index in [2.05, 4.69) is 48.0 Å². The minimum absolute atomic E-state index is 0.196. The Hall–Kier alpha value is -1.45. The second-order valence-electron chi connectivity index (χ2n) is 5.90. The molecule has 0 radical (unpaired) electrons. The third kappa shape index (κ3) is 2.81. The number of aryl methyl sites for hydroxylation is 4. The van der Waals surface area contributed by atoms with Gasteiger partial charge >= 0.3 is 0 Å². The van der Waals surface area contributed by atoms with Crippen molar-refractivity contribution in [2.75, 3.05) is 0 Å². The summed E-state index contributed by atoms with van der Waals surface area (Å²) in [4.78, 5) is 0.935. The normalized spacial score (nSPS) is 18.5. The van der Waals surface area contributed by atoms with Crippen LogP contribution in [0.15, 0.2) is 41.3 Å². The van der Waals surface area contributed by atoms with Gasteiger partial charge in [0.05, 0.1) is 4.90 Å². The molecule has 0 unspecified atom stereocenters. The molecule has 3 rings (SSSR count). The van der Waals surface area contributed by atoms with Gasteiger partial charge in [-0.3, -0.25) is 0 Å². The summed E-state index contributed by atoms with van der Waals surface area (Å²) in [6, 6.07) is 12.8. The van der Waals surface area contributed by atoms with E-state index in [9.17, 15) is 4.21 Å². The molecule has 110 valence electrons. The summed E-state index contributed by atoms with van der Waals surface area (Å²) in [6.07, 6.45) is 2.09. The molecule has 0 fully saturated rings. The van der Waals surface area contributed by atoms with Crippen molar-refractivity contribution in [1.82, 2.24) is 4.72 Å². The van der Waals surface area contributed by atoms with E-state index in [-0.39, 0.29) is 6.04 Å². The van der Waals surface area contributed by atoms with E-state index in [0.29, 0.717) is 0 Å². The lowest BCUT2D eigenvalue weighted by Crippen LogP contribution is -2.23. The minimum atomic E-state index is -1.16. The fraction of sp³-hybridized carbons (Fsp3) is 0.333. The van der Waals surface area contributed by atoms with Crippen LogP contribution in [0.3, 0.4) is 0 Å². The minimum Gasteiger partial charge on any atom is -0.237 e. The maximum Gasteiger partial charge on any atom is 0.126 e. The van der Waals surface area contributed by atoms with Crippen molar-refractivity contribution >= 4 is 11.0 Å². The van der Waals surface area contributed by atoms with Crippen LogP contribution >= 0.6 is 0 Å².